The van der Waals surface area contributed by atoms with Crippen molar-refractivity contribution < 1.29 is 0 Å². The average molecular weight is 342 g/mol. The Morgan fingerprint density at radius 2 is 1.71 bits per heavy atom. The molecule has 0 radical (unpaired) electrons. The van der Waals surface area contributed by atoms with Gasteiger partial charge >= 0.3 is 0 Å². The molecule has 1 fully saturated rings. The fourth-order valence-corrected chi connectivity index (χ4v) is 3.91. The van der Waals surface area contributed by atoms with Crippen LogP contribution in [0, 0.1) is 6.92 Å². The Balaban J connectivity index is 1.80. The molecule has 0 bridgehead atoms. The number of rotatable bonds is 5. The van der Waals surface area contributed by atoms with Crippen LogP contribution in [-0.4, -0.2) is 45.2 Å². The molecule has 1 aliphatic rings. The van der Waals surface area contributed by atoms with E-state index >= 15 is 0 Å². The first kappa shape index (κ1) is 17.3. The lowest BCUT2D eigenvalue weighted by atomic mass is 10.1. The molecule has 2 aromatic carbocycles. The van der Waals surface area contributed by atoms with Gasteiger partial charge in [-0.2, -0.15) is 0 Å². The molecule has 24 heavy (non-hydrogen) atoms. The van der Waals surface area contributed by atoms with Gasteiger partial charge in [0.05, 0.1) is 0 Å². The summed E-state index contributed by atoms with van der Waals surface area (Å²) in [7, 11) is 4.22. The van der Waals surface area contributed by atoms with Gasteiger partial charge in [0.2, 0.25) is 0 Å². The van der Waals surface area contributed by atoms with Crippen LogP contribution in [0.3, 0.4) is 0 Å². The van der Waals surface area contributed by atoms with Crippen molar-refractivity contribution in [1.29, 1.82) is 0 Å². The van der Waals surface area contributed by atoms with Crippen molar-refractivity contribution in [2.45, 2.75) is 23.3 Å². The van der Waals surface area contributed by atoms with Gasteiger partial charge in [0.15, 0.2) is 0 Å². The SMILES string of the molecule is CNCc1cc(N2CCN(C)CC2)ccc1Sc1ccc(C)cc1. The summed E-state index contributed by atoms with van der Waals surface area (Å²) in [6.45, 7) is 7.53. The van der Waals surface area contributed by atoms with Crippen LogP contribution >= 0.6 is 11.8 Å². The number of piperazine rings is 1. The van der Waals surface area contributed by atoms with Crippen molar-refractivity contribution in [2.24, 2.45) is 0 Å². The quantitative estimate of drug-likeness (QED) is 0.895. The number of aryl methyl sites for hydroxylation is 1. The molecule has 0 atom stereocenters. The van der Waals surface area contributed by atoms with E-state index in [1.165, 1.54) is 26.6 Å². The lowest BCUT2D eigenvalue weighted by Gasteiger charge is -2.34. The number of nitrogens with one attached hydrogen (secondary N) is 1. The highest BCUT2D eigenvalue weighted by atomic mass is 32.2. The first-order valence-corrected chi connectivity index (χ1v) is 9.43. The van der Waals surface area contributed by atoms with Gasteiger partial charge in [-0.1, -0.05) is 29.5 Å². The van der Waals surface area contributed by atoms with Crippen LogP contribution in [0.2, 0.25) is 0 Å². The van der Waals surface area contributed by atoms with Crippen molar-refractivity contribution in [2.75, 3.05) is 45.2 Å². The minimum atomic E-state index is 0.899. The van der Waals surface area contributed by atoms with Gasteiger partial charge in [0, 0.05) is 48.2 Å². The molecule has 1 aliphatic heterocycles. The number of hydrogen-bond donors (Lipinski definition) is 1. The Hall–Kier alpha value is -1.49. The van der Waals surface area contributed by atoms with E-state index < -0.39 is 0 Å². The highest BCUT2D eigenvalue weighted by Crippen LogP contribution is 2.33. The molecule has 0 amide bonds. The maximum atomic E-state index is 3.32. The Morgan fingerprint density at radius 1 is 1.00 bits per heavy atom. The van der Waals surface area contributed by atoms with Crippen LogP contribution in [0.5, 0.6) is 0 Å². The number of anilines is 1. The van der Waals surface area contributed by atoms with Gasteiger partial charge in [0.25, 0.3) is 0 Å². The van der Waals surface area contributed by atoms with E-state index in [1.807, 2.05) is 18.8 Å². The number of likely N-dealkylation sites (N-methyl/N-ethyl adjacent to an activating group) is 1. The zero-order chi connectivity index (χ0) is 16.9. The minimum absolute atomic E-state index is 0.899. The molecule has 0 aliphatic carbocycles. The molecule has 0 spiro atoms. The Labute approximate surface area is 150 Å². The first-order chi connectivity index (χ1) is 11.7. The molecule has 4 heteroatoms. The third-order valence-electron chi connectivity index (χ3n) is 4.53. The van der Waals surface area contributed by atoms with E-state index in [4.69, 9.17) is 0 Å². The van der Waals surface area contributed by atoms with E-state index in [2.05, 4.69) is 71.6 Å². The number of benzene rings is 2. The smallest absolute Gasteiger partial charge is 0.0371 e. The van der Waals surface area contributed by atoms with Crippen LogP contribution in [0.25, 0.3) is 0 Å². The van der Waals surface area contributed by atoms with Crippen molar-refractivity contribution in [3.63, 3.8) is 0 Å². The van der Waals surface area contributed by atoms with E-state index in [-0.39, 0.29) is 0 Å². The number of nitrogens with zero attached hydrogens (tertiary/aromatic N) is 2. The molecule has 0 aromatic heterocycles. The molecule has 1 heterocycles. The predicted molar refractivity (Wildman–Crippen MR) is 104 cm³/mol. The lowest BCUT2D eigenvalue weighted by molar-refractivity contribution is 0.313. The standard InChI is InChI=1S/C20H27N3S/c1-16-4-7-19(8-5-16)24-20-9-6-18(14-17(20)15-21-2)23-12-10-22(3)11-13-23/h4-9,14,21H,10-13,15H2,1-3H3. The lowest BCUT2D eigenvalue weighted by Crippen LogP contribution is -2.44. The summed E-state index contributed by atoms with van der Waals surface area (Å²) in [5, 5.41) is 3.32. The van der Waals surface area contributed by atoms with Gasteiger partial charge in [-0.05, 0) is 56.9 Å². The molecule has 0 saturated carbocycles. The molecule has 3 rings (SSSR count). The molecular weight excluding hydrogens is 314 g/mol. The summed E-state index contributed by atoms with van der Waals surface area (Å²) < 4.78 is 0. The van der Waals surface area contributed by atoms with Gasteiger partial charge in [0.1, 0.15) is 0 Å². The fraction of sp³-hybridized carbons (Fsp3) is 0.400. The third-order valence-corrected chi connectivity index (χ3v) is 5.65. The van der Waals surface area contributed by atoms with Crippen molar-refractivity contribution >= 4 is 17.4 Å². The van der Waals surface area contributed by atoms with E-state index in [9.17, 15) is 0 Å². The minimum Gasteiger partial charge on any atom is -0.369 e. The van der Waals surface area contributed by atoms with Gasteiger partial charge in [-0.15, -0.1) is 0 Å². The molecule has 1 N–H and O–H groups in total. The second-order valence-corrected chi connectivity index (χ2v) is 7.64. The van der Waals surface area contributed by atoms with Crippen molar-refractivity contribution in [3.8, 4) is 0 Å². The second kappa shape index (κ2) is 8.06. The summed E-state index contributed by atoms with van der Waals surface area (Å²) in [4.78, 5) is 7.53. The van der Waals surface area contributed by atoms with Crippen molar-refractivity contribution in [3.05, 3.63) is 53.6 Å². The second-order valence-electron chi connectivity index (χ2n) is 6.53. The molecular formula is C20H27N3S. The Morgan fingerprint density at radius 3 is 2.38 bits per heavy atom. The molecule has 0 unspecified atom stereocenters. The first-order valence-electron chi connectivity index (χ1n) is 8.61. The van der Waals surface area contributed by atoms with E-state index in [0.717, 1.165) is 32.7 Å². The van der Waals surface area contributed by atoms with Crippen LogP contribution in [0.15, 0.2) is 52.3 Å². The zero-order valence-corrected chi connectivity index (χ0v) is 15.7. The molecule has 3 nitrogen and oxygen atoms in total. The summed E-state index contributed by atoms with van der Waals surface area (Å²) in [5.41, 5.74) is 4.03. The normalized spacial score (nSPS) is 15.7. The van der Waals surface area contributed by atoms with Crippen molar-refractivity contribution in [1.82, 2.24) is 10.2 Å². The number of hydrogen-bond acceptors (Lipinski definition) is 4. The Bertz CT molecular complexity index is 661. The topological polar surface area (TPSA) is 18.5 Å². The zero-order valence-electron chi connectivity index (χ0n) is 14.9. The highest BCUT2D eigenvalue weighted by molar-refractivity contribution is 7.99. The molecule has 2 aromatic rings. The highest BCUT2D eigenvalue weighted by Gasteiger charge is 2.15. The maximum Gasteiger partial charge on any atom is 0.0371 e. The maximum absolute atomic E-state index is 3.32. The van der Waals surface area contributed by atoms with Crippen LogP contribution in [0.4, 0.5) is 5.69 Å². The molecule has 128 valence electrons. The van der Waals surface area contributed by atoms with Gasteiger partial charge < -0.3 is 15.1 Å². The largest absolute Gasteiger partial charge is 0.369 e. The summed E-state index contributed by atoms with van der Waals surface area (Å²) in [6, 6.07) is 15.7. The summed E-state index contributed by atoms with van der Waals surface area (Å²) in [6.07, 6.45) is 0. The third kappa shape index (κ3) is 4.32. The molecule has 1 saturated heterocycles. The van der Waals surface area contributed by atoms with E-state index in [1.54, 1.807) is 0 Å². The summed E-state index contributed by atoms with van der Waals surface area (Å²) >= 11 is 1.85. The van der Waals surface area contributed by atoms with Gasteiger partial charge in [-0.3, -0.25) is 0 Å². The predicted octanol–water partition coefficient (Wildman–Crippen LogP) is 3.62. The van der Waals surface area contributed by atoms with Gasteiger partial charge in [-0.25, -0.2) is 0 Å². The van der Waals surface area contributed by atoms with Crippen LogP contribution in [0.1, 0.15) is 11.1 Å². The van der Waals surface area contributed by atoms with Crippen LogP contribution < -0.4 is 10.2 Å². The van der Waals surface area contributed by atoms with E-state index in [0.29, 0.717) is 0 Å². The average Bonchev–Trinajstić information content (AvgIpc) is 2.59. The summed E-state index contributed by atoms with van der Waals surface area (Å²) in [5.74, 6) is 0. The van der Waals surface area contributed by atoms with Crippen LogP contribution in [-0.2, 0) is 6.54 Å². The Kier molecular flexibility index (Phi) is 5.82. The fourth-order valence-electron chi connectivity index (χ4n) is 2.99. The monoisotopic (exact) mass is 341 g/mol.